The molecule has 0 spiro atoms. The first-order valence-electron chi connectivity index (χ1n) is 16.3. The van der Waals surface area contributed by atoms with E-state index in [2.05, 4.69) is 0 Å². The van der Waals surface area contributed by atoms with Gasteiger partial charge in [0.2, 0.25) is 5.91 Å². The standard InChI is InChI=1S/C37H37F2NO10S/c38-24-9-6-22(7-10-24)29(42)17-16-28-33(40(37(28)46)26-13-11-25(39)12-14-26)27-15-8-23(21-4-2-1-3-5-21)18-30(27)50-51(47,48)20-32-35(44)36(45)34(43)31(19-41)49-32/h1-15,18,28-29,31-36,41-45H,16-17,19-20H2. The molecule has 0 saturated carbocycles. The lowest BCUT2D eigenvalue weighted by Gasteiger charge is -2.48. The van der Waals surface area contributed by atoms with E-state index >= 15 is 0 Å². The first kappa shape index (κ1) is 36.5. The molecule has 0 aromatic heterocycles. The quantitative estimate of drug-likeness (QED) is 0.108. The first-order chi connectivity index (χ1) is 24.4. The van der Waals surface area contributed by atoms with E-state index in [-0.39, 0.29) is 30.1 Å². The number of aliphatic hydroxyl groups is 5. The van der Waals surface area contributed by atoms with Crippen LogP contribution in [-0.2, 0) is 19.6 Å². The minimum absolute atomic E-state index is 0.101. The van der Waals surface area contributed by atoms with E-state index in [0.29, 0.717) is 16.8 Å². The van der Waals surface area contributed by atoms with Crippen molar-refractivity contribution < 1.29 is 56.4 Å². The van der Waals surface area contributed by atoms with Crippen LogP contribution in [0.2, 0.25) is 0 Å². The van der Waals surface area contributed by atoms with Crippen LogP contribution in [0.4, 0.5) is 14.5 Å². The van der Waals surface area contributed by atoms with Gasteiger partial charge in [0.1, 0.15) is 53.7 Å². The molecule has 4 aromatic carbocycles. The summed E-state index contributed by atoms with van der Waals surface area (Å²) in [5.41, 5.74) is 2.35. The second-order valence-corrected chi connectivity index (χ2v) is 14.3. The maximum Gasteiger partial charge on any atom is 0.311 e. The summed E-state index contributed by atoms with van der Waals surface area (Å²) >= 11 is 0. The van der Waals surface area contributed by atoms with E-state index in [9.17, 15) is 47.5 Å². The highest BCUT2D eigenvalue weighted by Gasteiger charge is 2.50. The Morgan fingerprint density at radius 1 is 0.804 bits per heavy atom. The fourth-order valence-electron chi connectivity index (χ4n) is 6.61. The van der Waals surface area contributed by atoms with Crippen molar-refractivity contribution in [3.05, 3.63) is 120 Å². The number of carbonyl (C=O) groups excluding carboxylic acids is 1. The summed E-state index contributed by atoms with van der Waals surface area (Å²) < 4.78 is 65.9. The number of hydrogen-bond donors (Lipinski definition) is 5. The van der Waals surface area contributed by atoms with Gasteiger partial charge in [-0.05, 0) is 72.0 Å². The van der Waals surface area contributed by atoms with Gasteiger partial charge in [-0.25, -0.2) is 8.78 Å². The maximum absolute atomic E-state index is 13.9. The molecule has 8 unspecified atom stereocenters. The highest BCUT2D eigenvalue weighted by atomic mass is 32.2. The van der Waals surface area contributed by atoms with Crippen molar-refractivity contribution in [1.29, 1.82) is 0 Å². The number of benzene rings is 4. The van der Waals surface area contributed by atoms with Crippen LogP contribution in [0.3, 0.4) is 0 Å². The molecule has 2 aliphatic heterocycles. The second-order valence-electron chi connectivity index (χ2n) is 12.7. The number of amides is 1. The van der Waals surface area contributed by atoms with Crippen LogP contribution in [0.1, 0.15) is 36.1 Å². The third-order valence-corrected chi connectivity index (χ3v) is 10.5. The predicted octanol–water partition coefficient (Wildman–Crippen LogP) is 3.40. The van der Waals surface area contributed by atoms with Gasteiger partial charge >= 0.3 is 10.1 Å². The van der Waals surface area contributed by atoms with Crippen molar-refractivity contribution in [1.82, 2.24) is 0 Å². The molecule has 2 heterocycles. The Morgan fingerprint density at radius 2 is 1.43 bits per heavy atom. The summed E-state index contributed by atoms with van der Waals surface area (Å²) in [5, 5.41) is 51.4. The fraction of sp³-hybridized carbons (Fsp3) is 0.324. The summed E-state index contributed by atoms with van der Waals surface area (Å²) in [6, 6.07) is 23.5. The molecule has 2 saturated heterocycles. The zero-order valence-corrected chi connectivity index (χ0v) is 27.9. The Hall–Kier alpha value is -4.28. The molecule has 0 radical (unpaired) electrons. The van der Waals surface area contributed by atoms with Crippen molar-refractivity contribution >= 4 is 21.7 Å². The maximum atomic E-state index is 13.9. The molecular weight excluding hydrogens is 688 g/mol. The lowest BCUT2D eigenvalue weighted by molar-refractivity contribution is -0.223. The Balaban J connectivity index is 1.36. The van der Waals surface area contributed by atoms with Crippen LogP contribution in [0, 0.1) is 17.6 Å². The number of anilines is 1. The molecule has 2 fully saturated rings. The zero-order valence-electron chi connectivity index (χ0n) is 27.1. The topological polar surface area (TPSA) is 174 Å². The largest absolute Gasteiger partial charge is 0.394 e. The third-order valence-electron chi connectivity index (χ3n) is 9.34. The predicted molar refractivity (Wildman–Crippen MR) is 181 cm³/mol. The van der Waals surface area contributed by atoms with Gasteiger partial charge in [0, 0.05) is 11.3 Å². The van der Waals surface area contributed by atoms with E-state index in [4.69, 9.17) is 8.92 Å². The van der Waals surface area contributed by atoms with Crippen molar-refractivity contribution in [2.24, 2.45) is 5.92 Å². The van der Waals surface area contributed by atoms with Gasteiger partial charge in [-0.2, -0.15) is 8.42 Å². The smallest absolute Gasteiger partial charge is 0.311 e. The van der Waals surface area contributed by atoms with Crippen LogP contribution < -0.4 is 9.08 Å². The average Bonchev–Trinajstić information content (AvgIpc) is 3.12. The SMILES string of the molecule is O=C1C(CCC(O)c2ccc(F)cc2)C(c2ccc(-c3ccccc3)cc2OS(=O)(=O)CC2OC(CO)C(O)C(O)C2O)N1c1ccc(F)cc1. The number of hydrogen-bond acceptors (Lipinski definition) is 10. The molecule has 0 bridgehead atoms. The van der Waals surface area contributed by atoms with Crippen molar-refractivity contribution in [3.8, 4) is 16.9 Å². The van der Waals surface area contributed by atoms with Gasteiger partial charge in [0.05, 0.1) is 24.7 Å². The number of carbonyl (C=O) groups is 1. The van der Waals surface area contributed by atoms with Crippen molar-refractivity contribution in [2.75, 3.05) is 17.3 Å². The van der Waals surface area contributed by atoms with Crippen molar-refractivity contribution in [3.63, 3.8) is 0 Å². The summed E-state index contributed by atoms with van der Waals surface area (Å²) in [6.07, 6.45) is -9.03. The Labute approximate surface area is 293 Å². The minimum Gasteiger partial charge on any atom is -0.394 e. The van der Waals surface area contributed by atoms with Crippen LogP contribution in [0.25, 0.3) is 11.1 Å². The Kier molecular flexibility index (Phi) is 10.8. The highest BCUT2D eigenvalue weighted by Crippen LogP contribution is 2.49. The molecular formula is C37H37F2NO10S. The molecule has 2 aliphatic rings. The molecule has 270 valence electrons. The van der Waals surface area contributed by atoms with Crippen LogP contribution in [0.15, 0.2) is 97.1 Å². The van der Waals surface area contributed by atoms with Gasteiger partial charge in [-0.3, -0.25) is 4.79 Å². The van der Waals surface area contributed by atoms with Gasteiger partial charge in [0.15, 0.2) is 0 Å². The Morgan fingerprint density at radius 3 is 2.08 bits per heavy atom. The third kappa shape index (κ3) is 7.82. The molecule has 51 heavy (non-hydrogen) atoms. The van der Waals surface area contributed by atoms with E-state index < -0.39 is 82.7 Å². The molecule has 8 atom stereocenters. The van der Waals surface area contributed by atoms with Gasteiger partial charge in [0.25, 0.3) is 0 Å². The van der Waals surface area contributed by atoms with E-state index in [0.717, 1.165) is 5.56 Å². The van der Waals surface area contributed by atoms with Crippen LogP contribution >= 0.6 is 0 Å². The molecule has 0 aliphatic carbocycles. The number of aliphatic hydroxyl groups excluding tert-OH is 5. The number of halogens is 2. The fourth-order valence-corrected chi connectivity index (χ4v) is 7.78. The van der Waals surface area contributed by atoms with Crippen molar-refractivity contribution in [2.45, 2.75) is 55.5 Å². The van der Waals surface area contributed by atoms with Gasteiger partial charge in [-0.15, -0.1) is 0 Å². The average molecular weight is 726 g/mol. The van der Waals surface area contributed by atoms with Crippen LogP contribution in [-0.4, -0.2) is 82.7 Å². The zero-order chi connectivity index (χ0) is 36.4. The summed E-state index contributed by atoms with van der Waals surface area (Å²) in [4.78, 5) is 15.1. The first-order valence-corrected chi connectivity index (χ1v) is 17.9. The molecule has 14 heteroatoms. The normalized spacial score (nSPS) is 25.7. The summed E-state index contributed by atoms with van der Waals surface area (Å²) in [5.74, 6) is -3.28. The molecule has 6 rings (SSSR count). The van der Waals surface area contributed by atoms with Crippen LogP contribution in [0.5, 0.6) is 5.75 Å². The second kappa shape index (κ2) is 15.1. The number of ether oxygens (including phenoxy) is 1. The monoisotopic (exact) mass is 725 g/mol. The summed E-state index contributed by atoms with van der Waals surface area (Å²) in [7, 11) is -4.65. The molecule has 4 aromatic rings. The minimum atomic E-state index is -4.65. The van der Waals surface area contributed by atoms with E-state index in [1.165, 1.54) is 59.5 Å². The Bertz CT molecular complexity index is 1930. The molecule has 11 nitrogen and oxygen atoms in total. The number of rotatable bonds is 12. The summed E-state index contributed by atoms with van der Waals surface area (Å²) in [6.45, 7) is -0.752. The lowest BCUT2D eigenvalue weighted by atomic mass is 9.77. The number of nitrogens with zero attached hydrogens (tertiary/aromatic N) is 1. The molecule has 5 N–H and O–H groups in total. The lowest BCUT2D eigenvalue weighted by Crippen LogP contribution is -2.60. The van der Waals surface area contributed by atoms with Gasteiger partial charge in [-0.1, -0.05) is 54.6 Å². The van der Waals surface area contributed by atoms with E-state index in [1.54, 1.807) is 36.4 Å². The highest BCUT2D eigenvalue weighted by molar-refractivity contribution is 7.87. The van der Waals surface area contributed by atoms with Gasteiger partial charge < -0.3 is 39.4 Å². The molecule has 1 amide bonds. The van der Waals surface area contributed by atoms with E-state index in [1.807, 2.05) is 6.07 Å². The number of β-lactam (4-membered cyclic amide) rings is 1.